The molecule has 6 aromatic rings. The van der Waals surface area contributed by atoms with Crippen LogP contribution in [0, 0.1) is 23.7 Å². The fourth-order valence-corrected chi connectivity index (χ4v) is 7.50. The van der Waals surface area contributed by atoms with Crippen LogP contribution >= 0.6 is 12.0 Å². The highest BCUT2D eigenvalue weighted by atomic mass is 32.2. The first kappa shape index (κ1) is 52.6. The maximum absolute atomic E-state index is 12.8. The predicted octanol–water partition coefficient (Wildman–Crippen LogP) is 10.9. The molecule has 0 unspecified atom stereocenters. The van der Waals surface area contributed by atoms with Gasteiger partial charge in [-0.3, -0.25) is 14.4 Å². The first-order valence-electron chi connectivity index (χ1n) is 20.5. The lowest BCUT2D eigenvalue weighted by Gasteiger charge is -2.12. The van der Waals surface area contributed by atoms with E-state index in [2.05, 4.69) is 43.6 Å². The fraction of sp³-hybridized carbons (Fsp3) is 0.140. The number of carbonyl (C=O) groups excluding carboxylic acids is 3. The van der Waals surface area contributed by atoms with E-state index < -0.39 is 45.3 Å². The van der Waals surface area contributed by atoms with Crippen molar-refractivity contribution in [3.8, 4) is 23.7 Å². The third kappa shape index (κ3) is 16.4. The van der Waals surface area contributed by atoms with Crippen LogP contribution in [0.3, 0.4) is 0 Å². The van der Waals surface area contributed by atoms with Crippen molar-refractivity contribution in [2.24, 2.45) is 5.90 Å². The number of alkyl halides is 6. The van der Waals surface area contributed by atoms with E-state index in [0.29, 0.717) is 44.8 Å². The molecule has 0 aliphatic carbocycles. The van der Waals surface area contributed by atoms with Crippen LogP contribution in [0.25, 0.3) is 0 Å². The minimum Gasteiger partial charge on any atom is -0.321 e. The summed E-state index contributed by atoms with van der Waals surface area (Å²) in [5.41, 5.74) is 1.64. The minimum absolute atomic E-state index is 0.0116. The number of amides is 3. The van der Waals surface area contributed by atoms with E-state index in [-0.39, 0.29) is 28.5 Å². The zero-order valence-electron chi connectivity index (χ0n) is 36.2. The lowest BCUT2D eigenvalue weighted by molar-refractivity contribution is -0.195. The van der Waals surface area contributed by atoms with E-state index in [1.807, 2.05) is 11.6 Å². The first-order chi connectivity index (χ1) is 32.9. The van der Waals surface area contributed by atoms with Crippen molar-refractivity contribution in [2.45, 2.75) is 54.8 Å². The molecule has 11 nitrogen and oxygen atoms in total. The zero-order chi connectivity index (χ0) is 50.0. The molecule has 0 saturated carbocycles. The Morgan fingerprint density at radius 3 is 1.42 bits per heavy atom. The summed E-state index contributed by atoms with van der Waals surface area (Å²) in [5, 5.41) is 5.32. The van der Waals surface area contributed by atoms with E-state index in [9.17, 15) is 49.1 Å². The van der Waals surface area contributed by atoms with Gasteiger partial charge in [-0.15, -0.1) is 9.32 Å². The Kier molecular flexibility index (Phi) is 18.7. The average Bonchev–Trinajstić information content (AvgIpc) is 3.32. The van der Waals surface area contributed by atoms with Crippen molar-refractivity contribution in [2.75, 3.05) is 10.6 Å². The lowest BCUT2D eigenvalue weighted by Crippen LogP contribution is -2.31. The van der Waals surface area contributed by atoms with Gasteiger partial charge in [0.2, 0.25) is 5.91 Å². The van der Waals surface area contributed by atoms with Crippen molar-refractivity contribution in [1.29, 1.82) is 0 Å². The van der Waals surface area contributed by atoms with Gasteiger partial charge in [-0.25, -0.2) is 13.1 Å². The van der Waals surface area contributed by atoms with Crippen LogP contribution in [0.5, 0.6) is 0 Å². The van der Waals surface area contributed by atoms with Gasteiger partial charge >= 0.3 is 12.4 Å². The second-order valence-corrected chi connectivity index (χ2v) is 16.8. The Morgan fingerprint density at radius 2 is 0.986 bits per heavy atom. The van der Waals surface area contributed by atoms with Gasteiger partial charge in [-0.1, -0.05) is 67.7 Å². The summed E-state index contributed by atoms with van der Waals surface area (Å²) in [6.45, 7) is 1.97. The molecular weight excluding hydrogens is 947 g/mol. The molecule has 0 saturated heterocycles. The predicted molar refractivity (Wildman–Crippen MR) is 248 cm³/mol. The number of sulfonamides is 1. The molecule has 0 aliphatic heterocycles. The zero-order valence-corrected chi connectivity index (χ0v) is 37.8. The molecule has 69 heavy (non-hydrogen) atoms. The molecule has 0 fully saturated rings. The topological polar surface area (TPSA) is 166 Å². The Hall–Kier alpha value is -7.39. The molecule has 5 N–H and O–H groups in total. The smallest absolute Gasteiger partial charge is 0.321 e. The average molecular weight is 987 g/mol. The quantitative estimate of drug-likeness (QED) is 0.0220. The molecule has 19 heteroatoms. The highest BCUT2D eigenvalue weighted by Crippen LogP contribution is 2.31. The van der Waals surface area contributed by atoms with Gasteiger partial charge in [0.1, 0.15) is 4.90 Å². The first-order valence-corrected chi connectivity index (χ1v) is 22.7. The van der Waals surface area contributed by atoms with Crippen molar-refractivity contribution in [3.05, 3.63) is 190 Å². The number of anilines is 2. The van der Waals surface area contributed by atoms with Gasteiger partial charge in [0.05, 0.1) is 39.4 Å². The molecule has 6 aromatic carbocycles. The number of nitrogens with one attached hydrogen (secondary N) is 3. The largest absolute Gasteiger partial charge is 0.416 e. The number of hydrogen-bond acceptors (Lipinski definition) is 9. The van der Waals surface area contributed by atoms with Gasteiger partial charge in [0.15, 0.2) is 0 Å². The summed E-state index contributed by atoms with van der Waals surface area (Å²) >= 11 is 0.851. The highest BCUT2D eigenvalue weighted by Gasteiger charge is 2.30. The van der Waals surface area contributed by atoms with Crippen LogP contribution in [-0.4, -0.2) is 26.1 Å². The molecule has 0 radical (unpaired) electrons. The van der Waals surface area contributed by atoms with E-state index in [1.165, 1.54) is 54.6 Å². The van der Waals surface area contributed by atoms with Crippen molar-refractivity contribution in [1.82, 2.24) is 4.72 Å². The summed E-state index contributed by atoms with van der Waals surface area (Å²) < 4.78 is 108. The van der Waals surface area contributed by atoms with Gasteiger partial charge in [-0.05, 0) is 128 Å². The Morgan fingerprint density at radius 1 is 0.580 bits per heavy atom. The SMILES string of the molecule is CCCCCC(=O)NS(=O)(=O)c1ccccc1NC(=O)c1ccc(C#Cc2ccc(C(F)(F)F)cc2)cc1.NOOSc1ccccc1NC(=O)c1ccc(C#Cc2ccc(C(F)(F)F)cc2)cc1. The summed E-state index contributed by atoms with van der Waals surface area (Å²) in [5.74, 6) is 14.5. The maximum Gasteiger partial charge on any atom is 0.416 e. The van der Waals surface area contributed by atoms with Crippen LogP contribution in [0.4, 0.5) is 37.7 Å². The molecule has 0 spiro atoms. The Bertz CT molecular complexity index is 2960. The molecule has 0 atom stereocenters. The normalized spacial score (nSPS) is 11.1. The van der Waals surface area contributed by atoms with Crippen molar-refractivity contribution >= 4 is 51.2 Å². The van der Waals surface area contributed by atoms with E-state index >= 15 is 0 Å². The molecular formula is C50H40F6N4O7S2. The Balaban J connectivity index is 0.000000263. The van der Waals surface area contributed by atoms with Crippen LogP contribution < -0.4 is 21.3 Å². The van der Waals surface area contributed by atoms with E-state index in [4.69, 9.17) is 5.90 Å². The van der Waals surface area contributed by atoms with Gasteiger partial charge in [0.25, 0.3) is 21.8 Å². The van der Waals surface area contributed by atoms with Crippen LogP contribution in [0.2, 0.25) is 0 Å². The van der Waals surface area contributed by atoms with Crippen molar-refractivity contribution in [3.63, 3.8) is 0 Å². The number of nitrogens with two attached hydrogens (primary N) is 1. The number of para-hydroxylation sites is 2. The summed E-state index contributed by atoms with van der Waals surface area (Å²) in [6.07, 6.45) is -6.46. The second kappa shape index (κ2) is 24.6. The third-order valence-electron chi connectivity index (χ3n) is 9.40. The van der Waals surface area contributed by atoms with E-state index in [1.54, 1.807) is 66.7 Å². The molecule has 356 valence electrons. The summed E-state index contributed by atoms with van der Waals surface area (Å²) in [7, 11) is -4.20. The van der Waals surface area contributed by atoms with Crippen LogP contribution in [-0.2, 0) is 36.5 Å². The molecule has 6 rings (SSSR count). The number of carbonyl (C=O) groups is 3. The molecule has 0 aliphatic rings. The monoisotopic (exact) mass is 986 g/mol. The number of unbranched alkanes of at least 4 members (excludes halogenated alkanes) is 2. The van der Waals surface area contributed by atoms with Crippen LogP contribution in [0.15, 0.2) is 155 Å². The third-order valence-corrected chi connectivity index (χ3v) is 11.5. The number of benzene rings is 6. The summed E-state index contributed by atoms with van der Waals surface area (Å²) in [6, 6.07) is 34.3. The van der Waals surface area contributed by atoms with Crippen LogP contribution in [0.1, 0.15) is 86.7 Å². The molecule has 0 heterocycles. The molecule has 3 amide bonds. The lowest BCUT2D eigenvalue weighted by atomic mass is 10.1. The van der Waals surface area contributed by atoms with E-state index in [0.717, 1.165) is 49.1 Å². The van der Waals surface area contributed by atoms with Gasteiger partial charge in [0, 0.05) is 39.8 Å². The number of hydrogen-bond donors (Lipinski definition) is 4. The standard InChI is InChI=1S/C28H25F3N2O4S.C22H15F3N2O3S/c1-2-3-4-9-26(34)33-38(36,37)25-8-6-5-7-24(25)32-27(35)22-16-12-20(13-17-22)10-11-21-14-18-23(19-15-21)28(29,30)31;23-22(24,25)18-13-9-16(10-14-18)6-5-15-7-11-17(12-8-15)21(28)27-19-3-1-2-4-20(19)31-30-29-26/h5-8,12-19H,2-4,9H2,1H3,(H,32,35)(H,33,34);1-4,7-14H,26H2,(H,27,28). The van der Waals surface area contributed by atoms with Gasteiger partial charge in [-0.2, -0.15) is 32.2 Å². The van der Waals surface area contributed by atoms with Gasteiger partial charge < -0.3 is 10.6 Å². The fourth-order valence-electron chi connectivity index (χ4n) is 5.87. The van der Waals surface area contributed by atoms with Crippen molar-refractivity contribution < 1.29 is 58.5 Å². The molecule has 0 aromatic heterocycles. The Labute approximate surface area is 398 Å². The maximum atomic E-state index is 12.8. The minimum atomic E-state index is -4.42. The highest BCUT2D eigenvalue weighted by molar-refractivity contribution is 7.94. The second-order valence-electron chi connectivity index (χ2n) is 14.4. The molecule has 0 bridgehead atoms. The number of halogens is 6. The number of rotatable bonds is 13. The summed E-state index contributed by atoms with van der Waals surface area (Å²) in [4.78, 5) is 41.8.